The lowest BCUT2D eigenvalue weighted by molar-refractivity contribution is 0.239. The fourth-order valence-corrected chi connectivity index (χ4v) is 5.10. The molecule has 0 spiro atoms. The molecule has 0 amide bonds. The number of rotatable bonds is 5. The molecule has 2 heterocycles. The predicted octanol–water partition coefficient (Wildman–Crippen LogP) is 3.74. The van der Waals surface area contributed by atoms with Gasteiger partial charge in [-0.25, -0.2) is 17.8 Å². The molecule has 30 heavy (non-hydrogen) atoms. The van der Waals surface area contributed by atoms with Gasteiger partial charge in [0.25, 0.3) is 0 Å². The van der Waals surface area contributed by atoms with Crippen molar-refractivity contribution in [1.82, 2.24) is 9.97 Å². The van der Waals surface area contributed by atoms with E-state index in [9.17, 15) is 12.8 Å². The van der Waals surface area contributed by atoms with Crippen molar-refractivity contribution in [3.63, 3.8) is 0 Å². The van der Waals surface area contributed by atoms with E-state index in [1.54, 1.807) is 6.07 Å². The first kappa shape index (κ1) is 20.3. The van der Waals surface area contributed by atoms with Crippen LogP contribution in [0.3, 0.4) is 0 Å². The molecular formula is C22H22FN3O3S. The number of nitrogens with two attached hydrogens (primary N) is 1. The number of nitrogens with zero attached hydrogens (tertiary/aromatic N) is 2. The molecule has 0 unspecified atom stereocenters. The first-order valence-corrected chi connectivity index (χ1v) is 11.5. The molecule has 1 aliphatic rings. The van der Waals surface area contributed by atoms with Gasteiger partial charge >= 0.3 is 0 Å². The molecule has 4 rings (SSSR count). The summed E-state index contributed by atoms with van der Waals surface area (Å²) < 4.78 is 44.0. The van der Waals surface area contributed by atoms with E-state index in [1.165, 1.54) is 18.5 Å². The monoisotopic (exact) mass is 427 g/mol. The van der Waals surface area contributed by atoms with E-state index < -0.39 is 15.7 Å². The molecule has 6 nitrogen and oxygen atoms in total. The number of sulfone groups is 1. The van der Waals surface area contributed by atoms with Gasteiger partial charge in [0.1, 0.15) is 27.2 Å². The molecule has 0 atom stereocenters. The molecule has 2 N–H and O–H groups in total. The largest absolute Gasteiger partial charge is 0.493 e. The molecule has 156 valence electrons. The summed E-state index contributed by atoms with van der Waals surface area (Å²) in [6.07, 6.45) is 4.05. The van der Waals surface area contributed by atoms with Gasteiger partial charge in [0, 0.05) is 11.1 Å². The van der Waals surface area contributed by atoms with Gasteiger partial charge in [-0.15, -0.1) is 0 Å². The molecule has 0 radical (unpaired) electrons. The Morgan fingerprint density at radius 2 is 1.80 bits per heavy atom. The molecule has 0 aliphatic carbocycles. The van der Waals surface area contributed by atoms with Crippen LogP contribution in [0.2, 0.25) is 0 Å². The van der Waals surface area contributed by atoms with Crippen LogP contribution < -0.4 is 10.5 Å². The second-order valence-corrected chi connectivity index (χ2v) is 9.73. The number of hydrogen-bond acceptors (Lipinski definition) is 6. The number of halogens is 1. The quantitative estimate of drug-likeness (QED) is 0.667. The summed E-state index contributed by atoms with van der Waals surface area (Å²) in [4.78, 5) is 8.09. The van der Waals surface area contributed by atoms with E-state index in [1.807, 2.05) is 30.3 Å². The zero-order valence-electron chi connectivity index (χ0n) is 16.3. The number of benzene rings is 2. The van der Waals surface area contributed by atoms with Gasteiger partial charge in [-0.3, -0.25) is 4.98 Å². The van der Waals surface area contributed by atoms with Crippen LogP contribution in [0.5, 0.6) is 5.75 Å². The Kier molecular flexibility index (Phi) is 5.67. The summed E-state index contributed by atoms with van der Waals surface area (Å²) in [5, 5.41) is 0. The van der Waals surface area contributed by atoms with Crippen molar-refractivity contribution in [2.24, 2.45) is 5.92 Å². The maximum Gasteiger partial charge on any atom is 0.150 e. The zero-order valence-corrected chi connectivity index (χ0v) is 17.1. The average Bonchev–Trinajstić information content (AvgIpc) is 2.74. The van der Waals surface area contributed by atoms with Crippen molar-refractivity contribution in [3.05, 3.63) is 60.7 Å². The Morgan fingerprint density at radius 3 is 2.50 bits per heavy atom. The highest BCUT2D eigenvalue weighted by Gasteiger charge is 2.24. The highest BCUT2D eigenvalue weighted by Crippen LogP contribution is 2.33. The topological polar surface area (TPSA) is 95.2 Å². The van der Waals surface area contributed by atoms with Gasteiger partial charge < -0.3 is 10.5 Å². The van der Waals surface area contributed by atoms with Crippen LogP contribution in [0, 0.1) is 11.7 Å². The lowest BCUT2D eigenvalue weighted by Crippen LogP contribution is -2.26. The second kappa shape index (κ2) is 8.39. The van der Waals surface area contributed by atoms with Crippen molar-refractivity contribution in [2.45, 2.75) is 12.8 Å². The van der Waals surface area contributed by atoms with E-state index in [4.69, 9.17) is 10.5 Å². The van der Waals surface area contributed by atoms with E-state index in [2.05, 4.69) is 9.97 Å². The van der Waals surface area contributed by atoms with Gasteiger partial charge in [-0.05, 0) is 42.5 Å². The normalized spacial score (nSPS) is 16.3. The minimum atomic E-state index is -2.90. The predicted molar refractivity (Wildman–Crippen MR) is 114 cm³/mol. The maximum atomic E-state index is 14.8. The summed E-state index contributed by atoms with van der Waals surface area (Å²) >= 11 is 0. The number of ether oxygens (including phenoxy) is 1. The summed E-state index contributed by atoms with van der Waals surface area (Å²) in [6, 6.07) is 12.4. The van der Waals surface area contributed by atoms with E-state index in [-0.39, 0.29) is 23.2 Å². The summed E-state index contributed by atoms with van der Waals surface area (Å²) in [6.45, 7) is 0.439. The number of nitrogen functional groups attached to an aromatic ring is 1. The van der Waals surface area contributed by atoms with Gasteiger partial charge in [0.05, 0.1) is 36.2 Å². The standard InChI is InChI=1S/C22H22FN3O3S/c23-19-11-16(5-6-18(19)20-12-26-22(24)13-25-20)17-3-1-2-4-21(17)29-14-15-7-9-30(27,28)10-8-15/h1-6,11-13,15H,7-10,14H2,(H2,24,26). The Balaban J connectivity index is 1.53. The number of aromatic nitrogens is 2. The third-order valence-electron chi connectivity index (χ3n) is 5.26. The Bertz CT molecular complexity index is 1140. The first-order chi connectivity index (χ1) is 14.4. The van der Waals surface area contributed by atoms with Crippen molar-refractivity contribution in [3.8, 4) is 28.1 Å². The lowest BCUT2D eigenvalue weighted by Gasteiger charge is -2.22. The van der Waals surface area contributed by atoms with Crippen LogP contribution in [-0.4, -0.2) is 36.5 Å². The Morgan fingerprint density at radius 1 is 1.03 bits per heavy atom. The average molecular weight is 428 g/mol. The molecule has 2 aromatic carbocycles. The molecule has 1 saturated heterocycles. The molecule has 0 bridgehead atoms. The fraction of sp³-hybridized carbons (Fsp3) is 0.273. The van der Waals surface area contributed by atoms with Gasteiger partial charge in [0.2, 0.25) is 0 Å². The van der Waals surface area contributed by atoms with Crippen LogP contribution in [0.25, 0.3) is 22.4 Å². The smallest absolute Gasteiger partial charge is 0.150 e. The second-order valence-electron chi connectivity index (χ2n) is 7.42. The van der Waals surface area contributed by atoms with Crippen molar-refractivity contribution < 1.29 is 17.5 Å². The van der Waals surface area contributed by atoms with E-state index in [0.29, 0.717) is 42.0 Å². The highest BCUT2D eigenvalue weighted by atomic mass is 32.2. The number of hydrogen-bond donors (Lipinski definition) is 1. The van der Waals surface area contributed by atoms with E-state index >= 15 is 0 Å². The fourth-order valence-electron chi connectivity index (χ4n) is 3.51. The number of para-hydroxylation sites is 1. The Labute approximate surface area is 174 Å². The summed E-state index contributed by atoms with van der Waals surface area (Å²) in [5.74, 6) is 1.12. The summed E-state index contributed by atoms with van der Waals surface area (Å²) in [5.41, 5.74) is 7.75. The lowest BCUT2D eigenvalue weighted by atomic mass is 10.0. The van der Waals surface area contributed by atoms with Crippen LogP contribution in [-0.2, 0) is 9.84 Å². The number of anilines is 1. The molecule has 3 aromatic rings. The van der Waals surface area contributed by atoms with E-state index in [0.717, 1.165) is 5.56 Å². The van der Waals surface area contributed by atoms with Crippen molar-refractivity contribution in [1.29, 1.82) is 0 Å². The molecule has 1 aliphatic heterocycles. The maximum absolute atomic E-state index is 14.8. The molecule has 8 heteroatoms. The zero-order chi connectivity index (χ0) is 21.1. The summed E-state index contributed by atoms with van der Waals surface area (Å²) in [7, 11) is -2.90. The molecule has 0 saturated carbocycles. The molecule has 1 fully saturated rings. The van der Waals surface area contributed by atoms with Crippen molar-refractivity contribution in [2.75, 3.05) is 23.8 Å². The SMILES string of the molecule is Nc1cnc(-c2ccc(-c3ccccc3OCC3CCS(=O)(=O)CC3)cc2F)cn1. The third kappa shape index (κ3) is 4.59. The highest BCUT2D eigenvalue weighted by molar-refractivity contribution is 7.91. The molecule has 1 aromatic heterocycles. The van der Waals surface area contributed by atoms with Gasteiger partial charge in [0.15, 0.2) is 0 Å². The van der Waals surface area contributed by atoms with Crippen LogP contribution in [0.15, 0.2) is 54.9 Å². The van der Waals surface area contributed by atoms with Crippen LogP contribution in [0.4, 0.5) is 10.2 Å². The minimum absolute atomic E-state index is 0.199. The Hall–Kier alpha value is -3.00. The minimum Gasteiger partial charge on any atom is -0.493 e. The first-order valence-electron chi connectivity index (χ1n) is 9.71. The van der Waals surface area contributed by atoms with Gasteiger partial charge in [-0.1, -0.05) is 24.3 Å². The van der Waals surface area contributed by atoms with Crippen molar-refractivity contribution >= 4 is 15.7 Å². The van der Waals surface area contributed by atoms with Crippen LogP contribution in [0.1, 0.15) is 12.8 Å². The van der Waals surface area contributed by atoms with Crippen LogP contribution >= 0.6 is 0 Å². The third-order valence-corrected chi connectivity index (χ3v) is 6.98. The molecular weight excluding hydrogens is 405 g/mol. The van der Waals surface area contributed by atoms with Gasteiger partial charge in [-0.2, -0.15) is 0 Å².